The van der Waals surface area contributed by atoms with E-state index in [-0.39, 0.29) is 0 Å². The zero-order valence-electron chi connectivity index (χ0n) is 17.7. The van der Waals surface area contributed by atoms with Crippen LogP contribution < -0.4 is 11.5 Å². The number of anilines is 2. The second-order valence-electron chi connectivity index (χ2n) is 7.95. The molecule has 5 rings (SSSR count). The van der Waals surface area contributed by atoms with Crippen molar-refractivity contribution >= 4 is 11.4 Å². The van der Waals surface area contributed by atoms with Crippen LogP contribution in [0, 0.1) is 0 Å². The first kappa shape index (κ1) is 19.7. The molecule has 0 bridgehead atoms. The monoisotopic (exact) mass is 412 g/mol. The third-order valence-electron chi connectivity index (χ3n) is 5.79. The van der Waals surface area contributed by atoms with Gasteiger partial charge >= 0.3 is 0 Å². The molecular weight excluding hydrogens is 388 g/mol. The van der Waals surface area contributed by atoms with Gasteiger partial charge in [-0.25, -0.2) is 0 Å². The molecule has 0 radical (unpaired) electrons. The Labute approximate surface area is 188 Å². The molecule has 0 amide bonds. The summed E-state index contributed by atoms with van der Waals surface area (Å²) in [5.41, 5.74) is 22.8. The van der Waals surface area contributed by atoms with Crippen molar-refractivity contribution in [1.29, 1.82) is 0 Å². The van der Waals surface area contributed by atoms with Gasteiger partial charge in [0.1, 0.15) is 0 Å². The van der Waals surface area contributed by atoms with Crippen molar-refractivity contribution in [3.8, 4) is 44.5 Å². The van der Waals surface area contributed by atoms with Crippen molar-refractivity contribution in [2.45, 2.75) is 0 Å². The summed E-state index contributed by atoms with van der Waals surface area (Å²) >= 11 is 0. The van der Waals surface area contributed by atoms with E-state index in [4.69, 9.17) is 11.5 Å². The van der Waals surface area contributed by atoms with Gasteiger partial charge in [0.15, 0.2) is 0 Å². The molecule has 5 aromatic rings. The van der Waals surface area contributed by atoms with Gasteiger partial charge in [0.2, 0.25) is 0 Å². The van der Waals surface area contributed by atoms with Crippen LogP contribution in [-0.2, 0) is 0 Å². The minimum absolute atomic E-state index is 0.759. The summed E-state index contributed by atoms with van der Waals surface area (Å²) in [4.78, 5) is 0. The zero-order valence-corrected chi connectivity index (χ0v) is 17.7. The quantitative estimate of drug-likeness (QED) is 0.300. The van der Waals surface area contributed by atoms with Crippen molar-refractivity contribution < 1.29 is 0 Å². The van der Waals surface area contributed by atoms with Gasteiger partial charge in [-0.3, -0.25) is 0 Å². The van der Waals surface area contributed by atoms with Crippen molar-refractivity contribution in [2.24, 2.45) is 0 Å². The fourth-order valence-corrected chi connectivity index (χ4v) is 4.04. The smallest absolute Gasteiger partial charge is 0.0320 e. The summed E-state index contributed by atoms with van der Waals surface area (Å²) in [6, 6.07) is 41.8. The van der Waals surface area contributed by atoms with Crippen molar-refractivity contribution in [3.63, 3.8) is 0 Å². The lowest BCUT2D eigenvalue weighted by Crippen LogP contribution is -1.90. The topological polar surface area (TPSA) is 52.0 Å². The predicted octanol–water partition coefficient (Wildman–Crippen LogP) is 7.52. The standard InChI is InChI=1S/C30H24N2/c31-27-16-14-24(15-17-27)23-6-10-25(11-7-23)29-19-18-28(32)20-30(29)26-12-8-22(9-13-26)21-4-2-1-3-5-21/h1-20H,31-32H2. The highest BCUT2D eigenvalue weighted by Crippen LogP contribution is 2.35. The van der Waals surface area contributed by atoms with Crippen LogP contribution >= 0.6 is 0 Å². The number of hydrogen-bond donors (Lipinski definition) is 2. The van der Waals surface area contributed by atoms with E-state index in [0.29, 0.717) is 0 Å². The van der Waals surface area contributed by atoms with E-state index in [0.717, 1.165) is 44.8 Å². The van der Waals surface area contributed by atoms with Crippen LogP contribution in [0.15, 0.2) is 121 Å². The van der Waals surface area contributed by atoms with Crippen LogP contribution in [0.1, 0.15) is 0 Å². The molecule has 0 aliphatic heterocycles. The fraction of sp³-hybridized carbons (Fsp3) is 0. The fourth-order valence-electron chi connectivity index (χ4n) is 4.04. The number of nitrogen functional groups attached to an aromatic ring is 2. The lowest BCUT2D eigenvalue weighted by Gasteiger charge is -2.13. The minimum atomic E-state index is 0.759. The average molecular weight is 413 g/mol. The highest BCUT2D eigenvalue weighted by Gasteiger charge is 2.09. The minimum Gasteiger partial charge on any atom is -0.399 e. The van der Waals surface area contributed by atoms with Crippen LogP contribution in [0.2, 0.25) is 0 Å². The van der Waals surface area contributed by atoms with Gasteiger partial charge in [-0.2, -0.15) is 0 Å². The normalized spacial score (nSPS) is 10.8. The Morgan fingerprint density at radius 3 is 1.28 bits per heavy atom. The zero-order chi connectivity index (χ0) is 21.9. The molecule has 0 aliphatic rings. The average Bonchev–Trinajstić information content (AvgIpc) is 2.85. The summed E-state index contributed by atoms with van der Waals surface area (Å²) in [6.07, 6.45) is 0. The Bertz CT molecular complexity index is 1340. The molecule has 0 spiro atoms. The summed E-state index contributed by atoms with van der Waals surface area (Å²) in [5.74, 6) is 0. The molecule has 0 atom stereocenters. The van der Waals surface area contributed by atoms with Gasteiger partial charge in [-0.05, 0) is 68.8 Å². The van der Waals surface area contributed by atoms with Crippen LogP contribution in [0.5, 0.6) is 0 Å². The number of rotatable bonds is 4. The van der Waals surface area contributed by atoms with Crippen LogP contribution in [0.4, 0.5) is 11.4 Å². The Hall–Kier alpha value is -4.30. The highest BCUT2D eigenvalue weighted by molar-refractivity contribution is 5.87. The second-order valence-corrected chi connectivity index (χ2v) is 7.95. The van der Waals surface area contributed by atoms with Gasteiger partial charge in [-0.1, -0.05) is 97.1 Å². The largest absolute Gasteiger partial charge is 0.399 e. The third kappa shape index (κ3) is 3.99. The molecule has 2 heteroatoms. The molecule has 0 heterocycles. The molecule has 2 nitrogen and oxygen atoms in total. The molecule has 154 valence electrons. The van der Waals surface area contributed by atoms with Crippen LogP contribution in [-0.4, -0.2) is 0 Å². The van der Waals surface area contributed by atoms with E-state index in [1.165, 1.54) is 11.1 Å². The lowest BCUT2D eigenvalue weighted by atomic mass is 9.92. The lowest BCUT2D eigenvalue weighted by molar-refractivity contribution is 1.56. The number of benzene rings is 5. The van der Waals surface area contributed by atoms with Crippen LogP contribution in [0.25, 0.3) is 44.5 Å². The van der Waals surface area contributed by atoms with Gasteiger partial charge in [0.25, 0.3) is 0 Å². The first-order valence-corrected chi connectivity index (χ1v) is 10.7. The SMILES string of the molecule is Nc1ccc(-c2ccc(-c3ccc(N)cc3-c3ccc(-c4ccccc4)cc3)cc2)cc1. The van der Waals surface area contributed by atoms with E-state index in [1.807, 2.05) is 36.4 Å². The second kappa shape index (κ2) is 8.44. The molecule has 5 aromatic carbocycles. The van der Waals surface area contributed by atoms with Crippen molar-refractivity contribution in [3.05, 3.63) is 121 Å². The molecule has 0 saturated carbocycles. The molecule has 32 heavy (non-hydrogen) atoms. The Morgan fingerprint density at radius 2 is 0.719 bits per heavy atom. The molecule has 4 N–H and O–H groups in total. The molecule has 0 aromatic heterocycles. The molecular formula is C30H24N2. The summed E-state index contributed by atoms with van der Waals surface area (Å²) < 4.78 is 0. The highest BCUT2D eigenvalue weighted by atomic mass is 14.5. The Kier molecular flexibility index (Phi) is 5.19. The van der Waals surface area contributed by atoms with Gasteiger partial charge in [0, 0.05) is 11.4 Å². The van der Waals surface area contributed by atoms with Crippen molar-refractivity contribution in [1.82, 2.24) is 0 Å². The molecule has 0 saturated heterocycles. The van der Waals surface area contributed by atoms with Crippen molar-refractivity contribution in [2.75, 3.05) is 11.5 Å². The van der Waals surface area contributed by atoms with E-state index >= 15 is 0 Å². The first-order chi connectivity index (χ1) is 15.7. The van der Waals surface area contributed by atoms with Gasteiger partial charge in [-0.15, -0.1) is 0 Å². The number of hydrogen-bond acceptors (Lipinski definition) is 2. The molecule has 0 aliphatic carbocycles. The maximum Gasteiger partial charge on any atom is 0.0320 e. The number of nitrogens with two attached hydrogens (primary N) is 2. The van der Waals surface area contributed by atoms with Gasteiger partial charge < -0.3 is 11.5 Å². The van der Waals surface area contributed by atoms with E-state index in [9.17, 15) is 0 Å². The first-order valence-electron chi connectivity index (χ1n) is 10.7. The summed E-state index contributed by atoms with van der Waals surface area (Å²) in [6.45, 7) is 0. The summed E-state index contributed by atoms with van der Waals surface area (Å²) in [5, 5.41) is 0. The summed E-state index contributed by atoms with van der Waals surface area (Å²) in [7, 11) is 0. The third-order valence-corrected chi connectivity index (χ3v) is 5.79. The molecule has 0 fully saturated rings. The van der Waals surface area contributed by atoms with Crippen LogP contribution in [0.3, 0.4) is 0 Å². The predicted molar refractivity (Wildman–Crippen MR) is 137 cm³/mol. The molecule has 0 unspecified atom stereocenters. The van der Waals surface area contributed by atoms with E-state index in [1.54, 1.807) is 0 Å². The Morgan fingerprint density at radius 1 is 0.312 bits per heavy atom. The van der Waals surface area contributed by atoms with E-state index < -0.39 is 0 Å². The van der Waals surface area contributed by atoms with Gasteiger partial charge in [0.05, 0.1) is 0 Å². The maximum absolute atomic E-state index is 6.17. The maximum atomic E-state index is 6.17. The van der Waals surface area contributed by atoms with E-state index in [2.05, 4.69) is 84.9 Å². The Balaban J connectivity index is 1.50.